The van der Waals surface area contributed by atoms with Gasteiger partial charge >= 0.3 is 0 Å². The second-order valence-corrected chi connectivity index (χ2v) is 3.34. The Balaban J connectivity index is 2.29. The first-order valence-corrected chi connectivity index (χ1v) is 4.77. The van der Waals surface area contributed by atoms with Crippen LogP contribution in [0.1, 0.15) is 11.1 Å². The van der Waals surface area contributed by atoms with E-state index in [9.17, 15) is 0 Å². The van der Waals surface area contributed by atoms with Crippen LogP contribution in [0.15, 0.2) is 36.8 Å². The van der Waals surface area contributed by atoms with Crippen molar-refractivity contribution in [3.8, 4) is 11.6 Å². The molecule has 0 fully saturated rings. The average Bonchev–Trinajstić information content (AvgIpc) is 2.26. The third-order valence-electron chi connectivity index (χ3n) is 2.31. The fourth-order valence-electron chi connectivity index (χ4n) is 1.29. The molecule has 0 aliphatic carbocycles. The molecule has 0 spiro atoms. The van der Waals surface area contributed by atoms with Crippen LogP contribution in [0, 0.1) is 13.8 Å². The fourth-order valence-corrected chi connectivity index (χ4v) is 1.29. The molecule has 0 saturated carbocycles. The van der Waals surface area contributed by atoms with E-state index in [1.54, 1.807) is 18.6 Å². The third-order valence-corrected chi connectivity index (χ3v) is 2.31. The smallest absolute Gasteiger partial charge is 0.237 e. The monoisotopic (exact) mass is 200 g/mol. The molecule has 1 aromatic heterocycles. The summed E-state index contributed by atoms with van der Waals surface area (Å²) in [4.78, 5) is 8.01. The molecule has 0 unspecified atom stereocenters. The van der Waals surface area contributed by atoms with Gasteiger partial charge in [-0.05, 0) is 31.0 Å². The minimum absolute atomic E-state index is 0.520. The van der Waals surface area contributed by atoms with Gasteiger partial charge in [0.05, 0.1) is 6.20 Å². The van der Waals surface area contributed by atoms with Crippen molar-refractivity contribution in [2.75, 3.05) is 0 Å². The van der Waals surface area contributed by atoms with Gasteiger partial charge in [-0.3, -0.25) is 4.98 Å². The molecule has 1 heterocycles. The predicted octanol–water partition coefficient (Wildman–Crippen LogP) is 2.89. The summed E-state index contributed by atoms with van der Waals surface area (Å²) in [7, 11) is 0. The van der Waals surface area contributed by atoms with Gasteiger partial charge in [-0.2, -0.15) is 0 Å². The Morgan fingerprint density at radius 3 is 2.73 bits per heavy atom. The van der Waals surface area contributed by atoms with Crippen LogP contribution in [0.5, 0.6) is 11.6 Å². The lowest BCUT2D eigenvalue weighted by Gasteiger charge is -2.08. The van der Waals surface area contributed by atoms with Crippen LogP contribution < -0.4 is 4.74 Å². The van der Waals surface area contributed by atoms with Gasteiger partial charge in [0.2, 0.25) is 5.88 Å². The maximum atomic E-state index is 5.62. The number of aryl methyl sites for hydroxylation is 1. The Kier molecular flexibility index (Phi) is 2.63. The van der Waals surface area contributed by atoms with Crippen molar-refractivity contribution in [1.82, 2.24) is 9.97 Å². The summed E-state index contributed by atoms with van der Waals surface area (Å²) in [6.45, 7) is 4.08. The van der Waals surface area contributed by atoms with Gasteiger partial charge in [0.1, 0.15) is 5.75 Å². The molecule has 3 heteroatoms. The van der Waals surface area contributed by atoms with Gasteiger partial charge in [0.15, 0.2) is 0 Å². The van der Waals surface area contributed by atoms with E-state index in [1.807, 2.05) is 19.1 Å². The van der Waals surface area contributed by atoms with E-state index in [1.165, 1.54) is 5.56 Å². The van der Waals surface area contributed by atoms with E-state index in [-0.39, 0.29) is 0 Å². The predicted molar refractivity (Wildman–Crippen MR) is 58.0 cm³/mol. The number of hydrogen-bond acceptors (Lipinski definition) is 3. The summed E-state index contributed by atoms with van der Waals surface area (Å²) in [5.41, 5.74) is 2.33. The highest BCUT2D eigenvalue weighted by atomic mass is 16.5. The lowest BCUT2D eigenvalue weighted by Crippen LogP contribution is -1.91. The minimum Gasteiger partial charge on any atom is -0.437 e. The van der Waals surface area contributed by atoms with E-state index in [2.05, 4.69) is 23.0 Å². The van der Waals surface area contributed by atoms with Crippen molar-refractivity contribution in [2.45, 2.75) is 13.8 Å². The largest absolute Gasteiger partial charge is 0.437 e. The summed E-state index contributed by atoms with van der Waals surface area (Å²) in [6.07, 6.45) is 4.83. The van der Waals surface area contributed by atoms with Gasteiger partial charge in [-0.1, -0.05) is 12.1 Å². The maximum absolute atomic E-state index is 5.62. The van der Waals surface area contributed by atoms with E-state index >= 15 is 0 Å². The SMILES string of the molecule is Cc1cccc(Oc2cnccn2)c1C. The fraction of sp³-hybridized carbons (Fsp3) is 0.167. The summed E-state index contributed by atoms with van der Waals surface area (Å²) in [5.74, 6) is 1.35. The Morgan fingerprint density at radius 2 is 2.00 bits per heavy atom. The maximum Gasteiger partial charge on any atom is 0.237 e. The molecule has 0 bridgehead atoms. The molecule has 0 amide bonds. The van der Waals surface area contributed by atoms with Gasteiger partial charge in [0, 0.05) is 12.4 Å². The standard InChI is InChI=1S/C12H12N2O/c1-9-4-3-5-11(10(9)2)15-12-8-13-6-7-14-12/h3-8H,1-2H3. The number of aromatic nitrogens is 2. The van der Waals surface area contributed by atoms with Crippen molar-refractivity contribution in [3.05, 3.63) is 47.9 Å². The van der Waals surface area contributed by atoms with Gasteiger partial charge in [-0.25, -0.2) is 4.98 Å². The van der Waals surface area contributed by atoms with Crippen molar-refractivity contribution in [3.63, 3.8) is 0 Å². The van der Waals surface area contributed by atoms with Gasteiger partial charge in [0.25, 0.3) is 0 Å². The third kappa shape index (κ3) is 2.13. The second-order valence-electron chi connectivity index (χ2n) is 3.34. The van der Waals surface area contributed by atoms with Crippen LogP contribution in [0.2, 0.25) is 0 Å². The lowest BCUT2D eigenvalue weighted by molar-refractivity contribution is 0.456. The summed E-state index contributed by atoms with van der Waals surface area (Å²) < 4.78 is 5.62. The van der Waals surface area contributed by atoms with Crippen LogP contribution in [0.4, 0.5) is 0 Å². The number of ether oxygens (including phenoxy) is 1. The molecule has 0 atom stereocenters. The van der Waals surface area contributed by atoms with Crippen molar-refractivity contribution in [1.29, 1.82) is 0 Å². The van der Waals surface area contributed by atoms with E-state index in [4.69, 9.17) is 4.74 Å². The number of rotatable bonds is 2. The lowest BCUT2D eigenvalue weighted by atomic mass is 10.1. The molecule has 0 aliphatic rings. The first-order chi connectivity index (χ1) is 7.27. The summed E-state index contributed by atoms with van der Waals surface area (Å²) in [5, 5.41) is 0. The Bertz CT molecular complexity index is 454. The second kappa shape index (κ2) is 4.09. The average molecular weight is 200 g/mol. The zero-order valence-corrected chi connectivity index (χ0v) is 8.77. The Labute approximate surface area is 88.8 Å². The summed E-state index contributed by atoms with van der Waals surface area (Å²) >= 11 is 0. The number of hydrogen-bond donors (Lipinski definition) is 0. The van der Waals surface area contributed by atoms with Crippen LogP contribution in [-0.4, -0.2) is 9.97 Å². The molecule has 76 valence electrons. The van der Waals surface area contributed by atoms with Crippen LogP contribution in [-0.2, 0) is 0 Å². The molecule has 2 aromatic rings. The number of benzene rings is 1. The first kappa shape index (κ1) is 9.65. The van der Waals surface area contributed by atoms with Crippen molar-refractivity contribution in [2.24, 2.45) is 0 Å². The molecule has 0 saturated heterocycles. The Hall–Kier alpha value is -1.90. The molecule has 15 heavy (non-hydrogen) atoms. The highest BCUT2D eigenvalue weighted by Gasteiger charge is 2.03. The highest BCUT2D eigenvalue weighted by Crippen LogP contribution is 2.24. The minimum atomic E-state index is 0.520. The van der Waals surface area contributed by atoms with Gasteiger partial charge in [-0.15, -0.1) is 0 Å². The van der Waals surface area contributed by atoms with E-state index in [0.717, 1.165) is 11.3 Å². The quantitative estimate of drug-likeness (QED) is 0.747. The molecule has 3 nitrogen and oxygen atoms in total. The summed E-state index contributed by atoms with van der Waals surface area (Å²) in [6, 6.07) is 5.95. The number of nitrogens with zero attached hydrogens (tertiary/aromatic N) is 2. The molecule has 1 aromatic carbocycles. The molecule has 0 aliphatic heterocycles. The van der Waals surface area contributed by atoms with Gasteiger partial charge < -0.3 is 4.74 Å². The van der Waals surface area contributed by atoms with E-state index < -0.39 is 0 Å². The first-order valence-electron chi connectivity index (χ1n) is 4.77. The van der Waals surface area contributed by atoms with Crippen molar-refractivity contribution >= 4 is 0 Å². The van der Waals surface area contributed by atoms with Crippen molar-refractivity contribution < 1.29 is 4.74 Å². The molecule has 2 rings (SSSR count). The Morgan fingerprint density at radius 1 is 1.13 bits per heavy atom. The normalized spacial score (nSPS) is 10.0. The van der Waals surface area contributed by atoms with Crippen LogP contribution in [0.3, 0.4) is 0 Å². The van der Waals surface area contributed by atoms with Crippen LogP contribution >= 0.6 is 0 Å². The molecule has 0 radical (unpaired) electrons. The van der Waals surface area contributed by atoms with Crippen LogP contribution in [0.25, 0.3) is 0 Å². The van der Waals surface area contributed by atoms with E-state index in [0.29, 0.717) is 5.88 Å². The highest BCUT2D eigenvalue weighted by molar-refractivity contribution is 5.39. The molecule has 0 N–H and O–H groups in total. The topological polar surface area (TPSA) is 35.0 Å². The zero-order valence-electron chi connectivity index (χ0n) is 8.77. The molecular weight excluding hydrogens is 188 g/mol. The molecular formula is C12H12N2O. The zero-order chi connectivity index (χ0) is 10.7.